The Morgan fingerprint density at radius 1 is 1.12 bits per heavy atom. The number of carbonyl (C=O) groups excluding carboxylic acids is 1. The first kappa shape index (κ1) is 24.8. The molecule has 0 saturated carbocycles. The molecule has 2 heterocycles. The van der Waals surface area contributed by atoms with Gasteiger partial charge in [-0.1, -0.05) is 23.9 Å². The van der Waals surface area contributed by atoms with E-state index in [4.69, 9.17) is 0 Å². The number of thiophene rings is 1. The van der Waals surface area contributed by atoms with Crippen molar-refractivity contribution in [2.24, 2.45) is 0 Å². The number of nitrogens with one attached hydrogen (secondary N) is 1. The monoisotopic (exact) mass is 506 g/mol. The molecule has 13 heteroatoms. The lowest BCUT2D eigenvalue weighted by atomic mass is 10.1. The van der Waals surface area contributed by atoms with Gasteiger partial charge in [0.05, 0.1) is 16.9 Å². The second kappa shape index (κ2) is 10.00. The number of hydrogen-bond donors (Lipinski definition) is 1. The van der Waals surface area contributed by atoms with Crippen LogP contribution in [0.1, 0.15) is 21.8 Å². The van der Waals surface area contributed by atoms with Gasteiger partial charge in [0.25, 0.3) is 0 Å². The largest absolute Gasteiger partial charge is 0.416 e. The summed E-state index contributed by atoms with van der Waals surface area (Å²) in [5.41, 5.74) is -3.62. The van der Waals surface area contributed by atoms with Crippen molar-refractivity contribution in [3.63, 3.8) is 0 Å². The first-order valence-corrected chi connectivity index (χ1v) is 11.1. The van der Waals surface area contributed by atoms with Crippen LogP contribution in [-0.2, 0) is 30.1 Å². The molecular formula is C20H16F6N4OS2. The Morgan fingerprint density at radius 2 is 1.79 bits per heavy atom. The first-order valence-electron chi connectivity index (χ1n) is 9.25. The van der Waals surface area contributed by atoms with Gasteiger partial charge in [0.2, 0.25) is 5.91 Å². The standard InChI is InChI=1S/C20H16F6N4OS2/c1-2-5-30-16(10-15-4-3-6-32-15)28-29-18(30)33-11-17(31)27-14-8-12(19(21,22)23)7-13(9-14)20(24,25)26/h2-4,6-9H,1,5,10-11H2,(H,27,31). The van der Waals surface area contributed by atoms with Gasteiger partial charge in [0.1, 0.15) is 5.82 Å². The number of halogens is 6. The van der Waals surface area contributed by atoms with E-state index in [0.717, 1.165) is 16.6 Å². The van der Waals surface area contributed by atoms with Gasteiger partial charge in [0.15, 0.2) is 5.16 Å². The van der Waals surface area contributed by atoms with E-state index in [1.54, 1.807) is 22.0 Å². The third-order valence-electron chi connectivity index (χ3n) is 4.22. The number of benzene rings is 1. The van der Waals surface area contributed by atoms with Gasteiger partial charge in [-0.25, -0.2) is 0 Å². The van der Waals surface area contributed by atoms with Gasteiger partial charge in [-0.15, -0.1) is 28.1 Å². The highest BCUT2D eigenvalue weighted by atomic mass is 32.2. The van der Waals surface area contributed by atoms with Crippen LogP contribution in [0.25, 0.3) is 0 Å². The third-order valence-corrected chi connectivity index (χ3v) is 6.06. The van der Waals surface area contributed by atoms with E-state index in [2.05, 4.69) is 22.1 Å². The Morgan fingerprint density at radius 3 is 2.33 bits per heavy atom. The van der Waals surface area contributed by atoms with E-state index in [1.807, 2.05) is 17.5 Å². The molecular weight excluding hydrogens is 490 g/mol. The molecule has 1 amide bonds. The molecule has 3 aromatic rings. The summed E-state index contributed by atoms with van der Waals surface area (Å²) in [6.07, 6.45) is -7.88. The summed E-state index contributed by atoms with van der Waals surface area (Å²) >= 11 is 2.50. The summed E-state index contributed by atoms with van der Waals surface area (Å²) in [6.45, 7) is 4.04. The van der Waals surface area contributed by atoms with E-state index < -0.39 is 35.1 Å². The molecule has 0 aliphatic carbocycles. The van der Waals surface area contributed by atoms with E-state index in [0.29, 0.717) is 36.1 Å². The minimum Gasteiger partial charge on any atom is -0.325 e. The SMILES string of the molecule is C=CCn1c(Cc2cccs2)nnc1SCC(=O)Nc1cc(C(F)(F)F)cc(C(F)(F)F)c1. The fraction of sp³-hybridized carbons (Fsp3) is 0.250. The van der Waals surface area contributed by atoms with Gasteiger partial charge < -0.3 is 9.88 Å². The van der Waals surface area contributed by atoms with Crippen molar-refractivity contribution in [3.05, 3.63) is 70.2 Å². The van der Waals surface area contributed by atoms with Crippen molar-refractivity contribution in [2.45, 2.75) is 30.5 Å². The van der Waals surface area contributed by atoms with Gasteiger partial charge in [-0.3, -0.25) is 4.79 Å². The summed E-state index contributed by atoms with van der Waals surface area (Å²) < 4.78 is 79.7. The number of aromatic nitrogens is 3. The number of amides is 1. The number of carbonyl (C=O) groups is 1. The second-order valence-electron chi connectivity index (χ2n) is 6.69. The van der Waals surface area contributed by atoms with Crippen LogP contribution < -0.4 is 5.32 Å². The zero-order chi connectivity index (χ0) is 24.2. The molecule has 1 N–H and O–H groups in total. The van der Waals surface area contributed by atoms with Crippen molar-refractivity contribution in [1.82, 2.24) is 14.8 Å². The fourth-order valence-electron chi connectivity index (χ4n) is 2.79. The lowest BCUT2D eigenvalue weighted by molar-refractivity contribution is -0.143. The molecule has 0 aliphatic heterocycles. The number of thioether (sulfide) groups is 1. The molecule has 0 bridgehead atoms. The predicted octanol–water partition coefficient (Wildman–Crippen LogP) is 5.88. The van der Waals surface area contributed by atoms with Gasteiger partial charge in [-0.2, -0.15) is 26.3 Å². The summed E-state index contributed by atoms with van der Waals surface area (Å²) in [4.78, 5) is 13.3. The van der Waals surface area contributed by atoms with Crippen molar-refractivity contribution in [2.75, 3.05) is 11.1 Å². The average molecular weight is 506 g/mol. The molecule has 1 aromatic carbocycles. The molecule has 0 fully saturated rings. The van der Waals surface area contributed by atoms with E-state index >= 15 is 0 Å². The molecule has 2 aromatic heterocycles. The molecule has 0 saturated heterocycles. The fourth-order valence-corrected chi connectivity index (χ4v) is 4.26. The highest BCUT2D eigenvalue weighted by Gasteiger charge is 2.37. The quantitative estimate of drug-likeness (QED) is 0.235. The number of anilines is 1. The molecule has 0 atom stereocenters. The van der Waals surface area contributed by atoms with Gasteiger partial charge >= 0.3 is 12.4 Å². The van der Waals surface area contributed by atoms with Crippen molar-refractivity contribution >= 4 is 34.7 Å². The Kier molecular flexibility index (Phi) is 7.52. The summed E-state index contributed by atoms with van der Waals surface area (Å²) in [5.74, 6) is -0.459. The molecule has 176 valence electrons. The third kappa shape index (κ3) is 6.60. The average Bonchev–Trinajstić information content (AvgIpc) is 3.36. The topological polar surface area (TPSA) is 59.8 Å². The minimum atomic E-state index is -5.00. The van der Waals surface area contributed by atoms with Crippen molar-refractivity contribution in [3.8, 4) is 0 Å². The zero-order valence-corrected chi connectivity index (χ0v) is 18.3. The van der Waals surface area contributed by atoms with Crippen LogP contribution in [-0.4, -0.2) is 26.4 Å². The highest BCUT2D eigenvalue weighted by molar-refractivity contribution is 7.99. The summed E-state index contributed by atoms with van der Waals surface area (Å²) in [6, 6.07) is 4.74. The first-order chi connectivity index (χ1) is 15.5. The lowest BCUT2D eigenvalue weighted by Gasteiger charge is -2.14. The second-order valence-corrected chi connectivity index (χ2v) is 8.66. The lowest BCUT2D eigenvalue weighted by Crippen LogP contribution is -2.17. The van der Waals surface area contributed by atoms with E-state index in [1.165, 1.54) is 0 Å². The Labute approximate surface area is 192 Å². The normalized spacial score (nSPS) is 12.1. The Bertz CT molecular complexity index is 1090. The number of allylic oxidation sites excluding steroid dienone is 1. The maximum Gasteiger partial charge on any atom is 0.416 e. The maximum absolute atomic E-state index is 13.0. The van der Waals surface area contributed by atoms with E-state index in [-0.39, 0.29) is 11.8 Å². The van der Waals surface area contributed by atoms with E-state index in [9.17, 15) is 31.1 Å². The van der Waals surface area contributed by atoms with Gasteiger partial charge in [0, 0.05) is 23.5 Å². The van der Waals surface area contributed by atoms with Crippen LogP contribution in [0.5, 0.6) is 0 Å². The molecule has 33 heavy (non-hydrogen) atoms. The Hall–Kier alpha value is -2.80. The van der Waals surface area contributed by atoms with Crippen molar-refractivity contribution in [1.29, 1.82) is 0 Å². The molecule has 5 nitrogen and oxygen atoms in total. The van der Waals surface area contributed by atoms with Crippen LogP contribution in [0, 0.1) is 0 Å². The van der Waals surface area contributed by atoms with Crippen LogP contribution in [0.2, 0.25) is 0 Å². The predicted molar refractivity (Wildman–Crippen MR) is 113 cm³/mol. The van der Waals surface area contributed by atoms with Crippen LogP contribution >= 0.6 is 23.1 Å². The highest BCUT2D eigenvalue weighted by Crippen LogP contribution is 2.37. The number of rotatable bonds is 8. The minimum absolute atomic E-state index is 0.00269. The van der Waals surface area contributed by atoms with Crippen LogP contribution in [0.3, 0.4) is 0 Å². The van der Waals surface area contributed by atoms with Crippen LogP contribution in [0.15, 0.2) is 53.5 Å². The molecule has 3 rings (SSSR count). The smallest absolute Gasteiger partial charge is 0.325 e. The zero-order valence-electron chi connectivity index (χ0n) is 16.7. The Balaban J connectivity index is 1.73. The molecule has 0 aliphatic rings. The maximum atomic E-state index is 13.0. The molecule has 0 spiro atoms. The summed E-state index contributed by atoms with van der Waals surface area (Å²) in [7, 11) is 0. The number of alkyl halides is 6. The van der Waals surface area contributed by atoms with Gasteiger partial charge in [-0.05, 0) is 29.6 Å². The van der Waals surface area contributed by atoms with Crippen molar-refractivity contribution < 1.29 is 31.1 Å². The molecule has 0 unspecified atom stereocenters. The van der Waals surface area contributed by atoms with Crippen LogP contribution in [0.4, 0.5) is 32.0 Å². The number of nitrogens with zero attached hydrogens (tertiary/aromatic N) is 3. The number of hydrogen-bond acceptors (Lipinski definition) is 5. The molecule has 0 radical (unpaired) electrons. The summed E-state index contributed by atoms with van der Waals surface area (Å²) in [5, 5.41) is 12.5.